The molecule has 0 saturated carbocycles. The van der Waals surface area contributed by atoms with Crippen LogP contribution in [0.3, 0.4) is 0 Å². The van der Waals surface area contributed by atoms with Gasteiger partial charge in [0.15, 0.2) is 0 Å². The molecule has 2 aromatic rings. The number of amides is 2. The number of rotatable bonds is 7. The third-order valence-electron chi connectivity index (χ3n) is 4.28. The second kappa shape index (κ2) is 9.85. The van der Waals surface area contributed by atoms with Gasteiger partial charge in [0.1, 0.15) is 0 Å². The van der Waals surface area contributed by atoms with Crippen molar-refractivity contribution in [3.8, 4) is 0 Å². The van der Waals surface area contributed by atoms with Gasteiger partial charge in [-0.15, -0.1) is 0 Å². The molecule has 0 heterocycles. The minimum atomic E-state index is -0.738. The molecule has 0 aliphatic heterocycles. The first-order chi connectivity index (χ1) is 12.9. The zero-order valence-corrected chi connectivity index (χ0v) is 15.9. The maximum absolute atomic E-state index is 12.1. The quantitative estimate of drug-likeness (QED) is 0.653. The Morgan fingerprint density at radius 2 is 1.70 bits per heavy atom. The first-order valence-corrected chi connectivity index (χ1v) is 8.86. The average molecular weight is 370 g/mol. The summed E-state index contributed by atoms with van der Waals surface area (Å²) in [5.74, 6) is -1.47. The molecular formula is C21H26N2O4. The SMILES string of the molecule is Cc1ccc([C@H](CNC(=O)C(=O)Nc2ccc(C)c(C)c2)OCCO)cc1. The smallest absolute Gasteiger partial charge is 0.313 e. The van der Waals surface area contributed by atoms with Gasteiger partial charge in [-0.25, -0.2) is 0 Å². The van der Waals surface area contributed by atoms with E-state index >= 15 is 0 Å². The second-order valence-electron chi connectivity index (χ2n) is 6.46. The third-order valence-corrected chi connectivity index (χ3v) is 4.28. The number of hydrogen-bond acceptors (Lipinski definition) is 4. The number of carbonyl (C=O) groups excluding carboxylic acids is 2. The molecule has 0 bridgehead atoms. The lowest BCUT2D eigenvalue weighted by molar-refractivity contribution is -0.136. The monoisotopic (exact) mass is 370 g/mol. The predicted octanol–water partition coefficient (Wildman–Crippen LogP) is 2.42. The number of benzene rings is 2. The molecule has 2 rings (SSSR count). The molecule has 3 N–H and O–H groups in total. The van der Waals surface area contributed by atoms with E-state index in [1.165, 1.54) is 0 Å². The number of anilines is 1. The van der Waals surface area contributed by atoms with Gasteiger partial charge in [0.05, 0.1) is 19.3 Å². The van der Waals surface area contributed by atoms with Crippen LogP contribution in [-0.2, 0) is 14.3 Å². The van der Waals surface area contributed by atoms with Gasteiger partial charge in [-0.05, 0) is 49.6 Å². The van der Waals surface area contributed by atoms with E-state index in [9.17, 15) is 9.59 Å². The van der Waals surface area contributed by atoms with Gasteiger partial charge in [-0.2, -0.15) is 0 Å². The summed E-state index contributed by atoms with van der Waals surface area (Å²) in [7, 11) is 0. The van der Waals surface area contributed by atoms with Crippen molar-refractivity contribution in [2.75, 3.05) is 25.1 Å². The Balaban J connectivity index is 1.96. The van der Waals surface area contributed by atoms with E-state index in [-0.39, 0.29) is 19.8 Å². The molecule has 2 aromatic carbocycles. The first kappa shape index (κ1) is 20.6. The van der Waals surface area contributed by atoms with Crippen molar-refractivity contribution in [2.24, 2.45) is 0 Å². The van der Waals surface area contributed by atoms with Gasteiger partial charge < -0.3 is 20.5 Å². The number of nitrogens with one attached hydrogen (secondary N) is 2. The minimum Gasteiger partial charge on any atom is -0.394 e. The van der Waals surface area contributed by atoms with Crippen molar-refractivity contribution in [2.45, 2.75) is 26.9 Å². The summed E-state index contributed by atoms with van der Waals surface area (Å²) in [4.78, 5) is 24.2. The van der Waals surface area contributed by atoms with Crippen LogP contribution in [0.15, 0.2) is 42.5 Å². The number of carbonyl (C=O) groups is 2. The molecule has 0 aliphatic carbocycles. The Hall–Kier alpha value is -2.70. The molecule has 0 fully saturated rings. The number of hydrogen-bond donors (Lipinski definition) is 3. The van der Waals surface area contributed by atoms with E-state index in [2.05, 4.69) is 10.6 Å². The van der Waals surface area contributed by atoms with Crippen molar-refractivity contribution < 1.29 is 19.4 Å². The summed E-state index contributed by atoms with van der Waals surface area (Å²) in [5.41, 5.74) is 4.69. The summed E-state index contributed by atoms with van der Waals surface area (Å²) in [6.45, 7) is 6.04. The normalized spacial score (nSPS) is 11.7. The summed E-state index contributed by atoms with van der Waals surface area (Å²) >= 11 is 0. The highest BCUT2D eigenvalue weighted by Crippen LogP contribution is 2.17. The zero-order valence-electron chi connectivity index (χ0n) is 15.9. The van der Waals surface area contributed by atoms with Gasteiger partial charge in [0.2, 0.25) is 0 Å². The van der Waals surface area contributed by atoms with Crippen molar-refractivity contribution in [1.82, 2.24) is 5.32 Å². The van der Waals surface area contributed by atoms with Crippen molar-refractivity contribution >= 4 is 17.5 Å². The number of aryl methyl sites for hydroxylation is 3. The van der Waals surface area contributed by atoms with Crippen LogP contribution in [-0.4, -0.2) is 36.7 Å². The average Bonchev–Trinajstić information content (AvgIpc) is 2.65. The number of ether oxygens (including phenoxy) is 1. The summed E-state index contributed by atoms with van der Waals surface area (Å²) in [6, 6.07) is 13.2. The van der Waals surface area contributed by atoms with E-state index in [4.69, 9.17) is 9.84 Å². The molecule has 144 valence electrons. The highest BCUT2D eigenvalue weighted by atomic mass is 16.5. The molecule has 2 amide bonds. The molecule has 0 radical (unpaired) electrons. The summed E-state index contributed by atoms with van der Waals surface area (Å²) < 4.78 is 5.60. The Labute approximate surface area is 159 Å². The van der Waals surface area contributed by atoms with E-state index in [1.54, 1.807) is 6.07 Å². The maximum atomic E-state index is 12.1. The zero-order chi connectivity index (χ0) is 19.8. The van der Waals surface area contributed by atoms with E-state index in [0.29, 0.717) is 5.69 Å². The van der Waals surface area contributed by atoms with E-state index in [1.807, 2.05) is 57.2 Å². The first-order valence-electron chi connectivity index (χ1n) is 8.86. The number of aliphatic hydroxyl groups is 1. The Morgan fingerprint density at radius 3 is 2.33 bits per heavy atom. The standard InChI is InChI=1S/C21H26N2O4/c1-14-4-7-17(8-5-14)19(27-11-10-24)13-22-20(25)21(26)23-18-9-6-15(2)16(3)12-18/h4-9,12,19,24H,10-11,13H2,1-3H3,(H,22,25)(H,23,26)/t19-/m0/s1. The lowest BCUT2D eigenvalue weighted by Crippen LogP contribution is -2.38. The largest absolute Gasteiger partial charge is 0.394 e. The number of aliphatic hydroxyl groups excluding tert-OH is 1. The van der Waals surface area contributed by atoms with Crippen LogP contribution in [0.2, 0.25) is 0 Å². The molecule has 1 atom stereocenters. The van der Waals surface area contributed by atoms with Crippen molar-refractivity contribution in [3.05, 3.63) is 64.7 Å². The van der Waals surface area contributed by atoms with Crippen LogP contribution < -0.4 is 10.6 Å². The lowest BCUT2D eigenvalue weighted by Gasteiger charge is -2.18. The Bertz CT molecular complexity index is 787. The van der Waals surface area contributed by atoms with Gasteiger partial charge in [0.25, 0.3) is 0 Å². The molecule has 0 saturated heterocycles. The third kappa shape index (κ3) is 6.20. The highest BCUT2D eigenvalue weighted by molar-refractivity contribution is 6.39. The topological polar surface area (TPSA) is 87.7 Å². The van der Waals surface area contributed by atoms with Crippen LogP contribution in [0, 0.1) is 20.8 Å². The Kier molecular flexibility index (Phi) is 7.52. The Morgan fingerprint density at radius 1 is 1.00 bits per heavy atom. The highest BCUT2D eigenvalue weighted by Gasteiger charge is 2.18. The predicted molar refractivity (Wildman–Crippen MR) is 105 cm³/mol. The van der Waals surface area contributed by atoms with Gasteiger partial charge in [-0.3, -0.25) is 9.59 Å². The molecule has 0 unspecified atom stereocenters. The molecule has 0 aliphatic rings. The molecule has 0 aromatic heterocycles. The second-order valence-corrected chi connectivity index (χ2v) is 6.46. The molecule has 6 heteroatoms. The van der Waals surface area contributed by atoms with Crippen LogP contribution in [0.25, 0.3) is 0 Å². The van der Waals surface area contributed by atoms with Crippen LogP contribution in [0.5, 0.6) is 0 Å². The van der Waals surface area contributed by atoms with Crippen LogP contribution in [0.4, 0.5) is 5.69 Å². The summed E-state index contributed by atoms with van der Waals surface area (Å²) in [6.07, 6.45) is -0.448. The van der Waals surface area contributed by atoms with Gasteiger partial charge in [0, 0.05) is 12.2 Å². The van der Waals surface area contributed by atoms with Gasteiger partial charge >= 0.3 is 11.8 Å². The fourth-order valence-corrected chi connectivity index (χ4v) is 2.52. The van der Waals surface area contributed by atoms with Crippen molar-refractivity contribution in [1.29, 1.82) is 0 Å². The van der Waals surface area contributed by atoms with Gasteiger partial charge in [-0.1, -0.05) is 35.9 Å². The van der Waals surface area contributed by atoms with E-state index in [0.717, 1.165) is 22.3 Å². The fraction of sp³-hybridized carbons (Fsp3) is 0.333. The lowest BCUT2D eigenvalue weighted by atomic mass is 10.1. The molecular weight excluding hydrogens is 344 g/mol. The minimum absolute atomic E-state index is 0.121. The van der Waals surface area contributed by atoms with E-state index < -0.39 is 17.9 Å². The molecule has 0 spiro atoms. The van der Waals surface area contributed by atoms with Crippen molar-refractivity contribution in [3.63, 3.8) is 0 Å². The summed E-state index contributed by atoms with van der Waals surface area (Å²) in [5, 5.41) is 14.2. The van der Waals surface area contributed by atoms with Crippen LogP contribution >= 0.6 is 0 Å². The fourth-order valence-electron chi connectivity index (χ4n) is 2.52. The molecule has 27 heavy (non-hydrogen) atoms. The molecule has 6 nitrogen and oxygen atoms in total. The van der Waals surface area contributed by atoms with Crippen LogP contribution in [0.1, 0.15) is 28.4 Å². The maximum Gasteiger partial charge on any atom is 0.313 e.